The van der Waals surface area contributed by atoms with E-state index in [2.05, 4.69) is 32.4 Å². The van der Waals surface area contributed by atoms with Crippen LogP contribution in [0.3, 0.4) is 0 Å². The Kier molecular flexibility index (Phi) is 7.79. The van der Waals surface area contributed by atoms with Crippen molar-refractivity contribution in [3.05, 3.63) is 65.5 Å². The van der Waals surface area contributed by atoms with E-state index in [1.165, 1.54) is 24.7 Å². The first-order valence-electron chi connectivity index (χ1n) is 10.7. The third-order valence-electron chi connectivity index (χ3n) is 5.29. The molecule has 2 aromatic carbocycles. The number of nitrogens with zero attached hydrogens (tertiary/aromatic N) is 2. The SMILES string of the molecule is CCc1ccc(-c2noc(C(C)NC(=O)C(=O)NC(C)c3ccc(S(=O)(=O)NC)cc3)n2)cc1. The second kappa shape index (κ2) is 10.6. The summed E-state index contributed by atoms with van der Waals surface area (Å²) in [6.07, 6.45) is 0.922. The fourth-order valence-electron chi connectivity index (χ4n) is 3.14. The highest BCUT2D eigenvalue weighted by molar-refractivity contribution is 7.89. The Bertz CT molecular complexity index is 1250. The van der Waals surface area contributed by atoms with Crippen molar-refractivity contribution in [3.63, 3.8) is 0 Å². The van der Waals surface area contributed by atoms with Crippen molar-refractivity contribution in [2.75, 3.05) is 7.05 Å². The van der Waals surface area contributed by atoms with Crippen LogP contribution in [0.25, 0.3) is 11.4 Å². The van der Waals surface area contributed by atoms with E-state index in [4.69, 9.17) is 4.52 Å². The molecule has 0 bridgehead atoms. The Hall–Kier alpha value is -3.57. The number of aryl methyl sites for hydroxylation is 1. The second-order valence-electron chi connectivity index (χ2n) is 7.67. The topological polar surface area (TPSA) is 143 Å². The summed E-state index contributed by atoms with van der Waals surface area (Å²) < 4.78 is 31.1. The van der Waals surface area contributed by atoms with Crippen LogP contribution < -0.4 is 15.4 Å². The molecule has 2 unspecified atom stereocenters. The maximum atomic E-state index is 12.4. The van der Waals surface area contributed by atoms with E-state index in [9.17, 15) is 18.0 Å². The van der Waals surface area contributed by atoms with Gasteiger partial charge in [-0.1, -0.05) is 48.5 Å². The van der Waals surface area contributed by atoms with Gasteiger partial charge in [-0.15, -0.1) is 0 Å². The number of sulfonamides is 1. The maximum absolute atomic E-state index is 12.4. The zero-order valence-electron chi connectivity index (χ0n) is 19.3. The summed E-state index contributed by atoms with van der Waals surface area (Å²) >= 11 is 0. The number of aromatic nitrogens is 2. The van der Waals surface area contributed by atoms with E-state index in [0.717, 1.165) is 12.0 Å². The lowest BCUT2D eigenvalue weighted by molar-refractivity contribution is -0.140. The number of benzene rings is 2. The summed E-state index contributed by atoms with van der Waals surface area (Å²) in [5.74, 6) is -1.15. The van der Waals surface area contributed by atoms with Crippen molar-refractivity contribution >= 4 is 21.8 Å². The Morgan fingerprint density at radius 2 is 1.53 bits per heavy atom. The summed E-state index contributed by atoms with van der Waals surface area (Å²) in [6.45, 7) is 5.38. The monoisotopic (exact) mass is 485 g/mol. The Morgan fingerprint density at radius 1 is 0.941 bits per heavy atom. The van der Waals surface area contributed by atoms with Gasteiger partial charge in [0.25, 0.3) is 0 Å². The Balaban J connectivity index is 1.58. The number of nitrogens with one attached hydrogen (secondary N) is 3. The zero-order valence-corrected chi connectivity index (χ0v) is 20.1. The van der Waals surface area contributed by atoms with Crippen LogP contribution >= 0.6 is 0 Å². The summed E-state index contributed by atoms with van der Waals surface area (Å²) in [5.41, 5.74) is 2.61. The first kappa shape index (κ1) is 25.1. The molecule has 34 heavy (non-hydrogen) atoms. The molecule has 10 nitrogen and oxygen atoms in total. The molecule has 0 radical (unpaired) electrons. The molecule has 1 heterocycles. The molecule has 11 heteroatoms. The van der Waals surface area contributed by atoms with Crippen LogP contribution in [0, 0.1) is 0 Å². The summed E-state index contributed by atoms with van der Waals surface area (Å²) in [5, 5.41) is 9.07. The highest BCUT2D eigenvalue weighted by Gasteiger charge is 2.23. The molecule has 0 saturated heterocycles. The molecular formula is C23H27N5O5S. The minimum atomic E-state index is -3.56. The van der Waals surface area contributed by atoms with Crippen LogP contribution in [0.4, 0.5) is 0 Å². The van der Waals surface area contributed by atoms with Crippen LogP contribution in [-0.2, 0) is 26.0 Å². The molecule has 1 aromatic heterocycles. The van der Waals surface area contributed by atoms with E-state index < -0.39 is 33.9 Å². The van der Waals surface area contributed by atoms with Crippen LogP contribution in [0.15, 0.2) is 57.9 Å². The van der Waals surface area contributed by atoms with Gasteiger partial charge in [0.2, 0.25) is 21.7 Å². The number of amides is 2. The third-order valence-corrected chi connectivity index (χ3v) is 6.72. The Morgan fingerprint density at radius 3 is 2.09 bits per heavy atom. The van der Waals surface area contributed by atoms with Gasteiger partial charge in [0.15, 0.2) is 0 Å². The molecule has 2 amide bonds. The van der Waals surface area contributed by atoms with E-state index >= 15 is 0 Å². The molecule has 0 spiro atoms. The van der Waals surface area contributed by atoms with E-state index in [1.807, 2.05) is 24.3 Å². The first-order valence-corrected chi connectivity index (χ1v) is 12.2. The number of carbonyl (C=O) groups is 2. The van der Waals surface area contributed by atoms with Crippen molar-refractivity contribution < 1.29 is 22.5 Å². The lowest BCUT2D eigenvalue weighted by atomic mass is 10.1. The minimum absolute atomic E-state index is 0.101. The van der Waals surface area contributed by atoms with Gasteiger partial charge in [-0.25, -0.2) is 13.1 Å². The molecule has 0 fully saturated rings. The highest BCUT2D eigenvalue weighted by Crippen LogP contribution is 2.20. The second-order valence-corrected chi connectivity index (χ2v) is 9.56. The number of rotatable bonds is 8. The molecule has 3 rings (SSSR count). The highest BCUT2D eigenvalue weighted by atomic mass is 32.2. The van der Waals surface area contributed by atoms with Gasteiger partial charge in [0, 0.05) is 5.56 Å². The fraction of sp³-hybridized carbons (Fsp3) is 0.304. The van der Waals surface area contributed by atoms with Gasteiger partial charge in [-0.3, -0.25) is 9.59 Å². The molecule has 0 saturated carbocycles. The van der Waals surface area contributed by atoms with Gasteiger partial charge in [0.1, 0.15) is 6.04 Å². The Labute approximate surface area is 198 Å². The van der Waals surface area contributed by atoms with E-state index in [1.54, 1.807) is 26.0 Å². The molecule has 180 valence electrons. The van der Waals surface area contributed by atoms with Gasteiger partial charge in [-0.2, -0.15) is 4.98 Å². The molecule has 3 N–H and O–H groups in total. The summed E-state index contributed by atoms with van der Waals surface area (Å²) in [7, 11) is -2.23. The van der Waals surface area contributed by atoms with Gasteiger partial charge >= 0.3 is 11.8 Å². The lowest BCUT2D eigenvalue weighted by Gasteiger charge is -2.15. The van der Waals surface area contributed by atoms with Gasteiger partial charge in [-0.05, 0) is 50.6 Å². The normalized spacial score (nSPS) is 13.2. The summed E-state index contributed by atoms with van der Waals surface area (Å²) in [4.78, 5) is 29.1. The first-order chi connectivity index (χ1) is 16.1. The molecule has 3 aromatic rings. The van der Waals surface area contributed by atoms with Gasteiger partial charge < -0.3 is 15.2 Å². The largest absolute Gasteiger partial charge is 0.341 e. The smallest absolute Gasteiger partial charge is 0.309 e. The minimum Gasteiger partial charge on any atom is -0.341 e. The quantitative estimate of drug-likeness (QED) is 0.415. The zero-order chi connectivity index (χ0) is 24.9. The van der Waals surface area contributed by atoms with Crippen molar-refractivity contribution in [2.24, 2.45) is 0 Å². The summed E-state index contributed by atoms with van der Waals surface area (Å²) in [6, 6.07) is 12.5. The molecule has 2 atom stereocenters. The van der Waals surface area contributed by atoms with Crippen molar-refractivity contribution in [1.82, 2.24) is 25.5 Å². The van der Waals surface area contributed by atoms with E-state index in [-0.39, 0.29) is 10.8 Å². The van der Waals surface area contributed by atoms with Gasteiger partial charge in [0.05, 0.1) is 10.9 Å². The average Bonchev–Trinajstić information content (AvgIpc) is 3.34. The lowest BCUT2D eigenvalue weighted by Crippen LogP contribution is -2.41. The predicted octanol–water partition coefficient (Wildman–Crippen LogP) is 2.26. The number of hydrogen-bond acceptors (Lipinski definition) is 7. The molecule has 0 aliphatic rings. The van der Waals surface area contributed by atoms with Crippen LogP contribution in [-0.4, -0.2) is 37.4 Å². The van der Waals surface area contributed by atoms with E-state index in [0.29, 0.717) is 11.4 Å². The number of carbonyl (C=O) groups excluding carboxylic acids is 2. The maximum Gasteiger partial charge on any atom is 0.309 e. The molecule has 0 aliphatic heterocycles. The fourth-order valence-corrected chi connectivity index (χ4v) is 3.87. The third kappa shape index (κ3) is 5.86. The molecule has 0 aliphatic carbocycles. The molecular weight excluding hydrogens is 458 g/mol. The van der Waals surface area contributed by atoms with Crippen molar-refractivity contribution in [2.45, 2.75) is 44.2 Å². The predicted molar refractivity (Wildman–Crippen MR) is 125 cm³/mol. The van der Waals surface area contributed by atoms with Crippen LogP contribution in [0.1, 0.15) is 49.9 Å². The number of hydrogen-bond donors (Lipinski definition) is 3. The van der Waals surface area contributed by atoms with Crippen molar-refractivity contribution in [3.8, 4) is 11.4 Å². The van der Waals surface area contributed by atoms with Crippen LogP contribution in [0.2, 0.25) is 0 Å². The average molecular weight is 486 g/mol. The van der Waals surface area contributed by atoms with Crippen molar-refractivity contribution in [1.29, 1.82) is 0 Å². The van der Waals surface area contributed by atoms with Crippen LogP contribution in [0.5, 0.6) is 0 Å². The standard InChI is InChI=1S/C23H27N5O5S/c1-5-16-6-8-18(9-7-16)20-27-23(33-28-20)15(3)26-22(30)21(29)25-14(2)17-10-12-19(13-11-17)34(31,32)24-4/h6-15,24H,5H2,1-4H3,(H,25,29)(H,26,30).